The van der Waals surface area contributed by atoms with Crippen LogP contribution in [0.3, 0.4) is 0 Å². The molecule has 0 aliphatic rings. The molecule has 0 bridgehead atoms. The number of amides is 3. The molecule has 0 fully saturated rings. The molecule has 1 atom stereocenters. The first kappa shape index (κ1) is 10.7. The quantitative estimate of drug-likeness (QED) is 0.669. The molecule has 0 rings (SSSR count). The third-order valence-corrected chi connectivity index (χ3v) is 1.23. The molecule has 1 unspecified atom stereocenters. The van der Waals surface area contributed by atoms with Gasteiger partial charge in [0.2, 0.25) is 0 Å². The highest BCUT2D eigenvalue weighted by molar-refractivity contribution is 5.89. The number of alkyl carbamates (subject to hydrolysis) is 1. The summed E-state index contributed by atoms with van der Waals surface area (Å²) in [7, 11) is 0. The Kier molecular flexibility index (Phi) is 4.83. The third kappa shape index (κ3) is 5.52. The first-order valence-corrected chi connectivity index (χ1v) is 3.83. The summed E-state index contributed by atoms with van der Waals surface area (Å²) in [6.07, 6.45) is 0.717. The van der Waals surface area contributed by atoms with Crippen LogP contribution in [0, 0.1) is 0 Å². The number of hydrogen-bond donors (Lipinski definition) is 2. The highest BCUT2D eigenvalue weighted by atomic mass is 16.6. The Labute approximate surface area is 71.3 Å². The SMILES string of the molecule is CCCC(C)OC(=O)NC(N)=O. The van der Waals surface area contributed by atoms with E-state index < -0.39 is 12.1 Å². The van der Waals surface area contributed by atoms with Crippen LogP contribution in [0.5, 0.6) is 0 Å². The van der Waals surface area contributed by atoms with Crippen molar-refractivity contribution in [1.82, 2.24) is 5.32 Å². The maximum Gasteiger partial charge on any atom is 0.415 e. The van der Waals surface area contributed by atoms with Gasteiger partial charge in [-0.25, -0.2) is 14.9 Å². The van der Waals surface area contributed by atoms with Crippen LogP contribution in [-0.4, -0.2) is 18.2 Å². The summed E-state index contributed by atoms with van der Waals surface area (Å²) in [6.45, 7) is 3.73. The van der Waals surface area contributed by atoms with E-state index in [0.717, 1.165) is 12.8 Å². The smallest absolute Gasteiger partial charge is 0.415 e. The summed E-state index contributed by atoms with van der Waals surface area (Å²) in [6, 6.07) is -0.899. The summed E-state index contributed by atoms with van der Waals surface area (Å²) >= 11 is 0. The summed E-state index contributed by atoms with van der Waals surface area (Å²) in [5.41, 5.74) is 4.69. The highest BCUT2D eigenvalue weighted by Crippen LogP contribution is 2.00. The van der Waals surface area contributed by atoms with Crippen molar-refractivity contribution in [1.29, 1.82) is 0 Å². The lowest BCUT2D eigenvalue weighted by Gasteiger charge is -2.10. The van der Waals surface area contributed by atoms with Crippen molar-refractivity contribution in [2.75, 3.05) is 0 Å². The van der Waals surface area contributed by atoms with E-state index in [1.165, 1.54) is 0 Å². The van der Waals surface area contributed by atoms with Gasteiger partial charge in [-0.15, -0.1) is 0 Å². The maximum absolute atomic E-state index is 10.7. The second-order valence-electron chi connectivity index (χ2n) is 2.49. The standard InChI is InChI=1S/C7H14N2O3/c1-3-4-5(2)12-7(11)9-6(8)10/h5H,3-4H2,1-2H3,(H3,8,9,10,11). The Balaban J connectivity index is 3.61. The molecule has 0 aliphatic heterocycles. The average Bonchev–Trinajstić information content (AvgIpc) is 1.84. The van der Waals surface area contributed by atoms with E-state index >= 15 is 0 Å². The molecule has 5 nitrogen and oxygen atoms in total. The van der Waals surface area contributed by atoms with Crippen molar-refractivity contribution >= 4 is 12.1 Å². The van der Waals surface area contributed by atoms with Gasteiger partial charge in [0.15, 0.2) is 0 Å². The van der Waals surface area contributed by atoms with Crippen molar-refractivity contribution in [2.45, 2.75) is 32.8 Å². The van der Waals surface area contributed by atoms with E-state index in [2.05, 4.69) is 0 Å². The molecular formula is C7H14N2O3. The molecule has 70 valence electrons. The molecule has 0 radical (unpaired) electrons. The predicted octanol–water partition coefficient (Wildman–Crippen LogP) is 0.980. The zero-order valence-electron chi connectivity index (χ0n) is 7.29. The van der Waals surface area contributed by atoms with Crippen LogP contribution in [0.1, 0.15) is 26.7 Å². The lowest BCUT2D eigenvalue weighted by molar-refractivity contribution is 0.104. The van der Waals surface area contributed by atoms with Crippen LogP contribution < -0.4 is 11.1 Å². The lowest BCUT2D eigenvalue weighted by Crippen LogP contribution is -2.36. The van der Waals surface area contributed by atoms with E-state index in [9.17, 15) is 9.59 Å². The van der Waals surface area contributed by atoms with E-state index in [1.54, 1.807) is 6.92 Å². The van der Waals surface area contributed by atoms with Crippen molar-refractivity contribution in [3.63, 3.8) is 0 Å². The normalized spacial score (nSPS) is 11.8. The first-order valence-electron chi connectivity index (χ1n) is 3.83. The van der Waals surface area contributed by atoms with Crippen LogP contribution in [0.25, 0.3) is 0 Å². The number of nitrogens with one attached hydrogen (secondary N) is 1. The van der Waals surface area contributed by atoms with Crippen molar-refractivity contribution in [3.05, 3.63) is 0 Å². The van der Waals surface area contributed by atoms with Gasteiger partial charge >= 0.3 is 12.1 Å². The molecule has 0 saturated heterocycles. The number of carbonyl (C=O) groups is 2. The van der Waals surface area contributed by atoms with Crippen LogP contribution in [0.2, 0.25) is 0 Å². The van der Waals surface area contributed by atoms with Gasteiger partial charge in [-0.2, -0.15) is 0 Å². The molecule has 0 aromatic heterocycles. The number of hydrogen-bond acceptors (Lipinski definition) is 3. The van der Waals surface area contributed by atoms with E-state index in [0.29, 0.717) is 0 Å². The molecule has 12 heavy (non-hydrogen) atoms. The number of urea groups is 1. The third-order valence-electron chi connectivity index (χ3n) is 1.23. The average molecular weight is 174 g/mol. The fourth-order valence-electron chi connectivity index (χ4n) is 0.778. The van der Waals surface area contributed by atoms with E-state index in [-0.39, 0.29) is 6.10 Å². The summed E-state index contributed by atoms with van der Waals surface area (Å²) in [5, 5.41) is 1.81. The summed E-state index contributed by atoms with van der Waals surface area (Å²) in [4.78, 5) is 20.9. The Bertz CT molecular complexity index is 170. The zero-order valence-corrected chi connectivity index (χ0v) is 7.29. The van der Waals surface area contributed by atoms with E-state index in [4.69, 9.17) is 10.5 Å². The molecule has 0 aromatic carbocycles. The van der Waals surface area contributed by atoms with Gasteiger partial charge in [0.25, 0.3) is 0 Å². The van der Waals surface area contributed by atoms with Gasteiger partial charge in [-0.3, -0.25) is 0 Å². The largest absolute Gasteiger partial charge is 0.446 e. The lowest BCUT2D eigenvalue weighted by atomic mass is 10.2. The zero-order chi connectivity index (χ0) is 9.56. The minimum atomic E-state index is -0.899. The molecule has 3 N–H and O–H groups in total. The number of carbonyl (C=O) groups excluding carboxylic acids is 2. The second-order valence-corrected chi connectivity index (χ2v) is 2.49. The van der Waals surface area contributed by atoms with E-state index in [1.807, 2.05) is 12.2 Å². The van der Waals surface area contributed by atoms with Crippen LogP contribution in [0.4, 0.5) is 9.59 Å². The monoisotopic (exact) mass is 174 g/mol. The minimum Gasteiger partial charge on any atom is -0.446 e. The van der Waals surface area contributed by atoms with Gasteiger partial charge in [-0.05, 0) is 13.3 Å². The molecule has 0 spiro atoms. The Hall–Kier alpha value is -1.26. The Morgan fingerprint density at radius 2 is 2.17 bits per heavy atom. The van der Waals surface area contributed by atoms with Gasteiger partial charge in [0, 0.05) is 0 Å². The van der Waals surface area contributed by atoms with Crippen molar-refractivity contribution in [3.8, 4) is 0 Å². The van der Waals surface area contributed by atoms with Gasteiger partial charge in [0.1, 0.15) is 6.10 Å². The van der Waals surface area contributed by atoms with Gasteiger partial charge in [0.05, 0.1) is 0 Å². The van der Waals surface area contributed by atoms with Gasteiger partial charge < -0.3 is 10.5 Å². The van der Waals surface area contributed by atoms with Gasteiger partial charge in [-0.1, -0.05) is 13.3 Å². The second kappa shape index (κ2) is 5.40. The Morgan fingerprint density at radius 3 is 2.58 bits per heavy atom. The molecule has 0 heterocycles. The summed E-state index contributed by atoms with van der Waals surface area (Å²) < 4.78 is 4.75. The topological polar surface area (TPSA) is 81.4 Å². The molecule has 5 heteroatoms. The highest BCUT2D eigenvalue weighted by Gasteiger charge is 2.09. The molecule has 0 saturated carbocycles. The molecular weight excluding hydrogens is 160 g/mol. The molecule has 0 aliphatic carbocycles. The fourth-order valence-corrected chi connectivity index (χ4v) is 0.778. The first-order chi connectivity index (χ1) is 5.56. The fraction of sp³-hybridized carbons (Fsp3) is 0.714. The summed E-state index contributed by atoms with van der Waals surface area (Å²) in [5.74, 6) is 0. The number of ether oxygens (including phenoxy) is 1. The maximum atomic E-state index is 10.7. The number of imide groups is 1. The number of nitrogens with two attached hydrogens (primary N) is 1. The van der Waals surface area contributed by atoms with Crippen LogP contribution >= 0.6 is 0 Å². The number of primary amides is 1. The van der Waals surface area contributed by atoms with Crippen LogP contribution in [0.15, 0.2) is 0 Å². The molecule has 0 aromatic rings. The van der Waals surface area contributed by atoms with Crippen molar-refractivity contribution < 1.29 is 14.3 Å². The predicted molar refractivity (Wildman–Crippen MR) is 43.6 cm³/mol. The van der Waals surface area contributed by atoms with Crippen LogP contribution in [-0.2, 0) is 4.74 Å². The number of rotatable bonds is 3. The van der Waals surface area contributed by atoms with Crippen molar-refractivity contribution in [2.24, 2.45) is 5.73 Å². The minimum absolute atomic E-state index is 0.186. The molecule has 3 amide bonds. The Morgan fingerprint density at radius 1 is 1.58 bits per heavy atom.